The van der Waals surface area contributed by atoms with Crippen LogP contribution in [0.1, 0.15) is 49.4 Å². The second-order valence-corrected chi connectivity index (χ2v) is 5.84. The van der Waals surface area contributed by atoms with Crippen molar-refractivity contribution in [1.82, 2.24) is 10.3 Å². The highest BCUT2D eigenvalue weighted by Crippen LogP contribution is 2.39. The summed E-state index contributed by atoms with van der Waals surface area (Å²) >= 11 is 0. The Morgan fingerprint density at radius 3 is 2.75 bits per heavy atom. The SMILES string of the molecule is FC(F)(F)C1CCCCC1NC1CCc2cccnc21. The van der Waals surface area contributed by atoms with Crippen molar-refractivity contribution >= 4 is 0 Å². The van der Waals surface area contributed by atoms with Crippen molar-refractivity contribution in [2.75, 3.05) is 0 Å². The van der Waals surface area contributed by atoms with E-state index in [2.05, 4.69) is 10.3 Å². The van der Waals surface area contributed by atoms with Gasteiger partial charge in [-0.3, -0.25) is 4.98 Å². The molecule has 0 spiro atoms. The Labute approximate surface area is 116 Å². The zero-order chi connectivity index (χ0) is 14.2. The molecule has 0 radical (unpaired) electrons. The van der Waals surface area contributed by atoms with Gasteiger partial charge in [-0.1, -0.05) is 18.9 Å². The van der Waals surface area contributed by atoms with Crippen LogP contribution in [0.5, 0.6) is 0 Å². The molecule has 1 aromatic heterocycles. The van der Waals surface area contributed by atoms with Gasteiger partial charge in [0, 0.05) is 12.2 Å². The lowest BCUT2D eigenvalue weighted by Crippen LogP contribution is -2.46. The van der Waals surface area contributed by atoms with Gasteiger partial charge in [0.25, 0.3) is 0 Å². The van der Waals surface area contributed by atoms with Gasteiger partial charge in [0.15, 0.2) is 0 Å². The fourth-order valence-electron chi connectivity index (χ4n) is 3.56. The topological polar surface area (TPSA) is 24.9 Å². The molecule has 1 saturated carbocycles. The molecule has 3 atom stereocenters. The molecular weight excluding hydrogens is 265 g/mol. The van der Waals surface area contributed by atoms with Gasteiger partial charge in [0.05, 0.1) is 17.7 Å². The molecular formula is C15H19F3N2. The fourth-order valence-corrected chi connectivity index (χ4v) is 3.56. The van der Waals surface area contributed by atoms with E-state index < -0.39 is 18.1 Å². The van der Waals surface area contributed by atoms with Gasteiger partial charge in [-0.2, -0.15) is 13.2 Å². The molecule has 1 fully saturated rings. The Morgan fingerprint density at radius 2 is 1.95 bits per heavy atom. The molecule has 2 nitrogen and oxygen atoms in total. The molecule has 0 aromatic carbocycles. The summed E-state index contributed by atoms with van der Waals surface area (Å²) in [5.41, 5.74) is 2.11. The van der Waals surface area contributed by atoms with Crippen LogP contribution in [0.2, 0.25) is 0 Å². The minimum Gasteiger partial charge on any atom is -0.305 e. The van der Waals surface area contributed by atoms with Crippen molar-refractivity contribution in [3.63, 3.8) is 0 Å². The van der Waals surface area contributed by atoms with Crippen LogP contribution in [-0.2, 0) is 6.42 Å². The van der Waals surface area contributed by atoms with E-state index in [4.69, 9.17) is 0 Å². The molecule has 2 aliphatic rings. The number of fused-ring (bicyclic) bond motifs is 1. The predicted octanol–water partition coefficient (Wildman–Crippen LogP) is 3.78. The number of nitrogens with one attached hydrogen (secondary N) is 1. The number of aromatic nitrogens is 1. The van der Waals surface area contributed by atoms with Crippen LogP contribution in [0.3, 0.4) is 0 Å². The van der Waals surface area contributed by atoms with Crippen LogP contribution in [-0.4, -0.2) is 17.2 Å². The number of pyridine rings is 1. The maximum Gasteiger partial charge on any atom is 0.393 e. The first-order valence-corrected chi connectivity index (χ1v) is 7.32. The monoisotopic (exact) mass is 284 g/mol. The lowest BCUT2D eigenvalue weighted by Gasteiger charge is -2.35. The van der Waals surface area contributed by atoms with E-state index in [0.717, 1.165) is 25.0 Å². The number of halogens is 3. The third kappa shape index (κ3) is 2.68. The number of aryl methyl sites for hydroxylation is 1. The van der Waals surface area contributed by atoms with Crippen molar-refractivity contribution < 1.29 is 13.2 Å². The van der Waals surface area contributed by atoms with Crippen LogP contribution >= 0.6 is 0 Å². The van der Waals surface area contributed by atoms with Crippen LogP contribution in [0, 0.1) is 5.92 Å². The van der Waals surface area contributed by atoms with E-state index in [1.807, 2.05) is 12.1 Å². The normalized spacial score (nSPS) is 30.2. The van der Waals surface area contributed by atoms with Crippen molar-refractivity contribution in [1.29, 1.82) is 0 Å². The third-order valence-corrected chi connectivity index (χ3v) is 4.56. The zero-order valence-electron chi connectivity index (χ0n) is 11.3. The van der Waals surface area contributed by atoms with Crippen LogP contribution < -0.4 is 5.32 Å². The summed E-state index contributed by atoms with van der Waals surface area (Å²) < 4.78 is 39.3. The lowest BCUT2D eigenvalue weighted by molar-refractivity contribution is -0.189. The molecule has 1 heterocycles. The Kier molecular flexibility index (Phi) is 3.71. The van der Waals surface area contributed by atoms with E-state index in [-0.39, 0.29) is 12.5 Å². The largest absolute Gasteiger partial charge is 0.393 e. The summed E-state index contributed by atoms with van der Waals surface area (Å²) in [5, 5.41) is 3.25. The average Bonchev–Trinajstić information content (AvgIpc) is 2.82. The quantitative estimate of drug-likeness (QED) is 0.894. The summed E-state index contributed by atoms with van der Waals surface area (Å²) in [5.74, 6) is -1.20. The Bertz CT molecular complexity index is 472. The second-order valence-electron chi connectivity index (χ2n) is 5.84. The molecule has 0 aliphatic heterocycles. The molecule has 1 N–H and O–H groups in total. The Morgan fingerprint density at radius 1 is 1.15 bits per heavy atom. The maximum atomic E-state index is 13.1. The van der Waals surface area contributed by atoms with Crippen LogP contribution in [0.25, 0.3) is 0 Å². The lowest BCUT2D eigenvalue weighted by atomic mass is 9.83. The first-order valence-electron chi connectivity index (χ1n) is 7.32. The molecule has 20 heavy (non-hydrogen) atoms. The molecule has 1 aromatic rings. The molecule has 110 valence electrons. The van der Waals surface area contributed by atoms with Crippen molar-refractivity contribution in [2.24, 2.45) is 5.92 Å². The molecule has 5 heteroatoms. The van der Waals surface area contributed by atoms with Gasteiger partial charge in [-0.05, 0) is 37.3 Å². The van der Waals surface area contributed by atoms with Gasteiger partial charge in [0.1, 0.15) is 0 Å². The highest BCUT2D eigenvalue weighted by atomic mass is 19.4. The van der Waals surface area contributed by atoms with E-state index in [0.29, 0.717) is 12.8 Å². The number of hydrogen-bond donors (Lipinski definition) is 1. The van der Waals surface area contributed by atoms with Gasteiger partial charge in [-0.25, -0.2) is 0 Å². The highest BCUT2D eigenvalue weighted by molar-refractivity contribution is 5.28. The Balaban J connectivity index is 1.74. The highest BCUT2D eigenvalue weighted by Gasteiger charge is 2.46. The van der Waals surface area contributed by atoms with Crippen LogP contribution in [0.15, 0.2) is 18.3 Å². The fraction of sp³-hybridized carbons (Fsp3) is 0.667. The summed E-state index contributed by atoms with van der Waals surface area (Å²) in [6.07, 6.45) is 1.82. The van der Waals surface area contributed by atoms with Crippen molar-refractivity contribution in [3.8, 4) is 0 Å². The van der Waals surface area contributed by atoms with E-state index >= 15 is 0 Å². The van der Waals surface area contributed by atoms with E-state index in [1.54, 1.807) is 6.20 Å². The maximum absolute atomic E-state index is 13.1. The smallest absolute Gasteiger partial charge is 0.305 e. The van der Waals surface area contributed by atoms with Crippen molar-refractivity contribution in [3.05, 3.63) is 29.6 Å². The number of alkyl halides is 3. The van der Waals surface area contributed by atoms with Gasteiger partial charge >= 0.3 is 6.18 Å². The minimum atomic E-state index is -4.09. The molecule has 2 aliphatic carbocycles. The van der Waals surface area contributed by atoms with Gasteiger partial charge in [-0.15, -0.1) is 0 Å². The zero-order valence-corrected chi connectivity index (χ0v) is 11.3. The van der Waals surface area contributed by atoms with Crippen molar-refractivity contribution in [2.45, 2.75) is 56.8 Å². The first kappa shape index (κ1) is 13.9. The molecule has 0 amide bonds. The van der Waals surface area contributed by atoms with E-state index in [9.17, 15) is 13.2 Å². The molecule has 3 unspecified atom stereocenters. The summed E-state index contributed by atoms with van der Waals surface area (Å²) in [4.78, 5) is 4.35. The molecule has 3 rings (SSSR count). The standard InChI is InChI=1S/C15H19F3N2/c16-15(17,18)11-5-1-2-6-12(11)20-13-8-7-10-4-3-9-19-14(10)13/h3-4,9,11-13,20H,1-2,5-8H2. The summed E-state index contributed by atoms with van der Waals surface area (Å²) in [7, 11) is 0. The first-order chi connectivity index (χ1) is 9.55. The molecule has 0 bridgehead atoms. The summed E-state index contributed by atoms with van der Waals surface area (Å²) in [6.45, 7) is 0. The average molecular weight is 284 g/mol. The molecule has 0 saturated heterocycles. The third-order valence-electron chi connectivity index (χ3n) is 4.56. The van der Waals surface area contributed by atoms with Crippen LogP contribution in [0.4, 0.5) is 13.2 Å². The van der Waals surface area contributed by atoms with Gasteiger partial charge in [0.2, 0.25) is 0 Å². The summed E-state index contributed by atoms with van der Waals surface area (Å²) in [6, 6.07) is 3.44. The Hall–Kier alpha value is -1.10. The number of nitrogens with zero attached hydrogens (tertiary/aromatic N) is 1. The minimum absolute atomic E-state index is 0.0147. The van der Waals surface area contributed by atoms with Gasteiger partial charge < -0.3 is 5.32 Å². The second kappa shape index (κ2) is 5.35. The number of hydrogen-bond acceptors (Lipinski definition) is 2. The predicted molar refractivity (Wildman–Crippen MR) is 70.2 cm³/mol. The number of rotatable bonds is 2. The van der Waals surface area contributed by atoms with E-state index in [1.165, 1.54) is 5.56 Å².